The SMILES string of the molecule is CC1=NC(C)(C)C(C)(C)N1c1ccc(-c2c3ccccc3c(-c3ccc(N4C(C)=NC(C)(C)C4(C)C)cc3)c3c2ccc2ccccc23)cc1. The van der Waals surface area contributed by atoms with Crippen LogP contribution in [0, 0.1) is 0 Å². The van der Waals surface area contributed by atoms with Gasteiger partial charge in [0.15, 0.2) is 0 Å². The lowest BCUT2D eigenvalue weighted by Gasteiger charge is -2.41. The fraction of sp³-hybridized carbons (Fsp3) is 0.304. The van der Waals surface area contributed by atoms with E-state index in [2.05, 4.69) is 188 Å². The molecule has 0 unspecified atom stereocenters. The summed E-state index contributed by atoms with van der Waals surface area (Å²) >= 11 is 0. The standard InChI is InChI=1S/C46H48N4/c1-29-47-43(3,4)45(7,8)49(29)34-24-19-32(20-25-34)40-37-17-13-14-18-38(37)41(42-36-16-12-11-15-31(36)23-28-39(40)42)33-21-26-35(27-22-33)50-30(2)48-44(5,6)46(50,9)10/h11-28H,1-10H3. The van der Waals surface area contributed by atoms with Crippen LogP contribution in [0.25, 0.3) is 54.6 Å². The lowest BCUT2D eigenvalue weighted by molar-refractivity contribution is 0.338. The average Bonchev–Trinajstić information content (AvgIpc) is 3.35. The predicted molar refractivity (Wildman–Crippen MR) is 217 cm³/mol. The number of benzene rings is 6. The molecule has 2 aliphatic heterocycles. The molecule has 4 nitrogen and oxygen atoms in total. The summed E-state index contributed by atoms with van der Waals surface area (Å²) in [5.74, 6) is 2.12. The first kappa shape index (κ1) is 32.3. The van der Waals surface area contributed by atoms with Crippen LogP contribution in [0.3, 0.4) is 0 Å². The minimum atomic E-state index is -0.178. The maximum atomic E-state index is 5.05. The zero-order chi connectivity index (χ0) is 35.4. The van der Waals surface area contributed by atoms with E-state index >= 15 is 0 Å². The largest absolute Gasteiger partial charge is 0.322 e. The van der Waals surface area contributed by atoms with Gasteiger partial charge in [0, 0.05) is 11.4 Å². The zero-order valence-electron chi connectivity index (χ0n) is 31.2. The van der Waals surface area contributed by atoms with Crippen molar-refractivity contribution >= 4 is 55.4 Å². The first-order chi connectivity index (χ1) is 23.6. The van der Waals surface area contributed by atoms with E-state index < -0.39 is 0 Å². The van der Waals surface area contributed by atoms with Gasteiger partial charge in [0.1, 0.15) is 11.7 Å². The van der Waals surface area contributed by atoms with Gasteiger partial charge in [-0.2, -0.15) is 0 Å². The van der Waals surface area contributed by atoms with E-state index in [0.717, 1.165) is 11.7 Å². The molecule has 0 spiro atoms. The predicted octanol–water partition coefficient (Wildman–Crippen LogP) is 12.1. The molecule has 0 bridgehead atoms. The van der Waals surface area contributed by atoms with Gasteiger partial charge >= 0.3 is 0 Å². The van der Waals surface area contributed by atoms with Crippen molar-refractivity contribution < 1.29 is 0 Å². The monoisotopic (exact) mass is 656 g/mol. The van der Waals surface area contributed by atoms with Crippen LogP contribution in [-0.2, 0) is 0 Å². The van der Waals surface area contributed by atoms with Crippen LogP contribution in [0.2, 0.25) is 0 Å². The molecule has 0 saturated heterocycles. The van der Waals surface area contributed by atoms with E-state index in [-0.39, 0.29) is 22.2 Å². The number of anilines is 2. The van der Waals surface area contributed by atoms with Crippen LogP contribution in [-0.4, -0.2) is 33.8 Å². The molecule has 0 radical (unpaired) electrons. The van der Waals surface area contributed by atoms with Gasteiger partial charge < -0.3 is 9.80 Å². The fourth-order valence-electron chi connectivity index (χ4n) is 8.67. The maximum Gasteiger partial charge on any atom is 0.102 e. The molecule has 8 rings (SSSR count). The minimum Gasteiger partial charge on any atom is -0.322 e. The fourth-order valence-corrected chi connectivity index (χ4v) is 8.67. The Balaban J connectivity index is 1.34. The van der Waals surface area contributed by atoms with Crippen LogP contribution in [0.1, 0.15) is 69.2 Å². The molecule has 6 aromatic rings. The Labute approximate surface area is 297 Å². The molecule has 0 amide bonds. The van der Waals surface area contributed by atoms with Gasteiger partial charge in [0.05, 0.1) is 22.2 Å². The summed E-state index contributed by atoms with van der Waals surface area (Å²) < 4.78 is 0. The minimum absolute atomic E-state index is 0.139. The van der Waals surface area contributed by atoms with E-state index in [1.165, 1.54) is 65.9 Å². The Morgan fingerprint density at radius 2 is 0.840 bits per heavy atom. The summed E-state index contributed by atoms with van der Waals surface area (Å²) in [5, 5.41) is 7.59. The molecule has 50 heavy (non-hydrogen) atoms. The first-order valence-electron chi connectivity index (χ1n) is 17.9. The number of hydrogen-bond donors (Lipinski definition) is 0. The molecular formula is C46H48N4. The van der Waals surface area contributed by atoms with Crippen molar-refractivity contribution in [2.45, 2.75) is 91.4 Å². The third kappa shape index (κ3) is 4.50. The highest BCUT2D eigenvalue weighted by Crippen LogP contribution is 2.48. The number of aliphatic imine (C=N–C) groups is 2. The highest BCUT2D eigenvalue weighted by Gasteiger charge is 2.49. The Morgan fingerprint density at radius 1 is 0.420 bits per heavy atom. The summed E-state index contributed by atoms with van der Waals surface area (Å²) in [6, 6.07) is 40.7. The third-order valence-electron chi connectivity index (χ3n) is 12.4. The number of fused-ring (bicyclic) bond motifs is 4. The van der Waals surface area contributed by atoms with E-state index in [1.54, 1.807) is 0 Å². The third-order valence-corrected chi connectivity index (χ3v) is 12.4. The summed E-state index contributed by atoms with van der Waals surface area (Å²) in [5.41, 5.74) is 6.69. The smallest absolute Gasteiger partial charge is 0.102 e. The second-order valence-electron chi connectivity index (χ2n) is 16.3. The number of nitrogens with zero attached hydrogens (tertiary/aromatic N) is 4. The van der Waals surface area contributed by atoms with Gasteiger partial charge in [0.25, 0.3) is 0 Å². The van der Waals surface area contributed by atoms with Crippen molar-refractivity contribution in [1.29, 1.82) is 0 Å². The molecule has 4 heteroatoms. The Morgan fingerprint density at radius 3 is 1.30 bits per heavy atom. The zero-order valence-corrected chi connectivity index (χ0v) is 31.2. The molecule has 0 fully saturated rings. The lowest BCUT2D eigenvalue weighted by atomic mass is 9.82. The summed E-state index contributed by atoms with van der Waals surface area (Å²) in [4.78, 5) is 14.9. The lowest BCUT2D eigenvalue weighted by Crippen LogP contribution is -2.52. The summed E-state index contributed by atoms with van der Waals surface area (Å²) in [6.07, 6.45) is 0. The van der Waals surface area contributed by atoms with Crippen LogP contribution in [0.4, 0.5) is 11.4 Å². The van der Waals surface area contributed by atoms with Gasteiger partial charge in [-0.3, -0.25) is 9.98 Å². The molecule has 2 aliphatic rings. The van der Waals surface area contributed by atoms with Gasteiger partial charge in [-0.1, -0.05) is 84.9 Å². The molecule has 6 aromatic carbocycles. The summed E-state index contributed by atoms with van der Waals surface area (Å²) in [7, 11) is 0. The molecule has 0 N–H and O–H groups in total. The van der Waals surface area contributed by atoms with Crippen LogP contribution in [0.15, 0.2) is 119 Å². The van der Waals surface area contributed by atoms with Crippen molar-refractivity contribution in [2.75, 3.05) is 9.80 Å². The van der Waals surface area contributed by atoms with Crippen molar-refractivity contribution in [3.8, 4) is 22.3 Å². The highest BCUT2D eigenvalue weighted by molar-refractivity contribution is 6.28. The normalized spacial score (nSPS) is 19.0. The first-order valence-corrected chi connectivity index (χ1v) is 17.9. The molecule has 252 valence electrons. The number of amidine groups is 2. The molecule has 0 atom stereocenters. The summed E-state index contributed by atoms with van der Waals surface area (Å²) in [6.45, 7) is 22.3. The second-order valence-corrected chi connectivity index (χ2v) is 16.3. The van der Waals surface area contributed by atoms with E-state index in [1.807, 2.05) is 0 Å². The van der Waals surface area contributed by atoms with E-state index in [9.17, 15) is 0 Å². The quantitative estimate of drug-likeness (QED) is 0.140. The van der Waals surface area contributed by atoms with Crippen LogP contribution >= 0.6 is 0 Å². The van der Waals surface area contributed by atoms with Gasteiger partial charge in [-0.15, -0.1) is 0 Å². The van der Waals surface area contributed by atoms with Crippen molar-refractivity contribution in [3.63, 3.8) is 0 Å². The molecule has 0 aromatic heterocycles. The van der Waals surface area contributed by atoms with Crippen molar-refractivity contribution in [1.82, 2.24) is 0 Å². The number of rotatable bonds is 4. The maximum absolute atomic E-state index is 5.05. The van der Waals surface area contributed by atoms with Gasteiger partial charge in [-0.05, 0) is 148 Å². The van der Waals surface area contributed by atoms with E-state index in [4.69, 9.17) is 9.98 Å². The van der Waals surface area contributed by atoms with Crippen LogP contribution in [0.5, 0.6) is 0 Å². The van der Waals surface area contributed by atoms with E-state index in [0.29, 0.717) is 0 Å². The molecule has 2 heterocycles. The average molecular weight is 657 g/mol. The Hall–Kier alpha value is -4.96. The number of hydrogen-bond acceptors (Lipinski definition) is 4. The Bertz CT molecular complexity index is 2390. The molecule has 0 saturated carbocycles. The molecular weight excluding hydrogens is 609 g/mol. The van der Waals surface area contributed by atoms with Gasteiger partial charge in [-0.25, -0.2) is 0 Å². The highest BCUT2D eigenvalue weighted by atomic mass is 15.3. The van der Waals surface area contributed by atoms with Crippen LogP contribution < -0.4 is 9.80 Å². The van der Waals surface area contributed by atoms with Crippen molar-refractivity contribution in [3.05, 3.63) is 109 Å². The molecule has 0 aliphatic carbocycles. The second kappa shape index (κ2) is 10.8. The van der Waals surface area contributed by atoms with Gasteiger partial charge in [0.2, 0.25) is 0 Å². The topological polar surface area (TPSA) is 31.2 Å². The Kier molecular flexibility index (Phi) is 6.95. The van der Waals surface area contributed by atoms with Crippen molar-refractivity contribution in [2.24, 2.45) is 9.98 Å².